The molecule has 0 unspecified atom stereocenters. The van der Waals surface area contributed by atoms with Crippen molar-refractivity contribution in [2.75, 3.05) is 6.61 Å². The van der Waals surface area contributed by atoms with Gasteiger partial charge in [-0.15, -0.1) is 0 Å². The van der Waals surface area contributed by atoms with Gasteiger partial charge in [-0.25, -0.2) is 17.9 Å². The Morgan fingerprint density at radius 3 is 2.33 bits per heavy atom. The van der Waals surface area contributed by atoms with E-state index < -0.39 is 16.0 Å². The predicted molar refractivity (Wildman–Crippen MR) is 92.9 cm³/mol. The van der Waals surface area contributed by atoms with E-state index in [1.54, 1.807) is 31.2 Å². The number of nitrogens with one attached hydrogen (secondary N) is 1. The summed E-state index contributed by atoms with van der Waals surface area (Å²) in [6.07, 6.45) is 0. The Kier molecular flexibility index (Phi) is 6.23. The molecule has 2 aromatic carbocycles. The van der Waals surface area contributed by atoms with Crippen LogP contribution in [0.3, 0.4) is 0 Å². The predicted octanol–water partition coefficient (Wildman–Crippen LogP) is 3.65. The second-order valence-corrected chi connectivity index (χ2v) is 7.40. The van der Waals surface area contributed by atoms with Crippen molar-refractivity contribution in [3.05, 3.63) is 63.6 Å². The molecule has 0 saturated carbocycles. The van der Waals surface area contributed by atoms with Gasteiger partial charge in [0.15, 0.2) is 0 Å². The molecule has 0 bridgehead atoms. The molecule has 0 aliphatic heterocycles. The van der Waals surface area contributed by atoms with Crippen LogP contribution in [0, 0.1) is 0 Å². The van der Waals surface area contributed by atoms with Crippen molar-refractivity contribution in [3.63, 3.8) is 0 Å². The highest BCUT2D eigenvalue weighted by molar-refractivity contribution is 7.89. The fourth-order valence-electron chi connectivity index (χ4n) is 1.88. The first kappa shape index (κ1) is 18.7. The lowest BCUT2D eigenvalue weighted by atomic mass is 10.1. The average molecular weight is 388 g/mol. The number of rotatable bonds is 6. The van der Waals surface area contributed by atoms with Gasteiger partial charge in [0.1, 0.15) is 0 Å². The van der Waals surface area contributed by atoms with E-state index in [0.717, 1.165) is 0 Å². The third-order valence-corrected chi connectivity index (χ3v) is 5.27. The van der Waals surface area contributed by atoms with Crippen molar-refractivity contribution in [3.8, 4) is 0 Å². The van der Waals surface area contributed by atoms with E-state index in [2.05, 4.69) is 4.72 Å². The molecule has 8 heteroatoms. The maximum absolute atomic E-state index is 12.2. The molecule has 0 aliphatic carbocycles. The fourth-order valence-corrected chi connectivity index (χ4v) is 3.29. The zero-order valence-electron chi connectivity index (χ0n) is 12.8. The van der Waals surface area contributed by atoms with Crippen molar-refractivity contribution in [2.45, 2.75) is 18.4 Å². The molecule has 24 heavy (non-hydrogen) atoms. The smallest absolute Gasteiger partial charge is 0.338 e. The number of benzene rings is 2. The second-order valence-electron chi connectivity index (χ2n) is 4.82. The molecule has 0 aliphatic rings. The molecular formula is C16H15Cl2NO4S. The van der Waals surface area contributed by atoms with Crippen molar-refractivity contribution in [1.82, 2.24) is 4.72 Å². The maximum Gasteiger partial charge on any atom is 0.338 e. The fraction of sp³-hybridized carbons (Fsp3) is 0.188. The van der Waals surface area contributed by atoms with Gasteiger partial charge < -0.3 is 4.74 Å². The summed E-state index contributed by atoms with van der Waals surface area (Å²) in [6.45, 7) is 2.10. The standard InChI is InChI=1S/C16H15Cl2NO4S/c1-2-23-16(20)12-5-3-11(4-6-12)10-19-24(21,22)13-7-8-14(17)15(18)9-13/h3-9,19H,2,10H2,1H3. The van der Waals surface area contributed by atoms with Gasteiger partial charge in [-0.3, -0.25) is 0 Å². The summed E-state index contributed by atoms with van der Waals surface area (Å²) in [5.41, 5.74) is 1.11. The average Bonchev–Trinajstić information content (AvgIpc) is 2.56. The number of sulfonamides is 1. The van der Waals surface area contributed by atoms with Crippen LogP contribution in [0.4, 0.5) is 0 Å². The van der Waals surface area contributed by atoms with E-state index in [1.807, 2.05) is 0 Å². The summed E-state index contributed by atoms with van der Waals surface area (Å²) < 4.78 is 31.8. The van der Waals surface area contributed by atoms with Gasteiger partial charge in [0.05, 0.1) is 27.1 Å². The van der Waals surface area contributed by atoms with Crippen LogP contribution in [0.25, 0.3) is 0 Å². The highest BCUT2D eigenvalue weighted by Crippen LogP contribution is 2.24. The van der Waals surface area contributed by atoms with Crippen LogP contribution < -0.4 is 4.72 Å². The molecule has 0 radical (unpaired) electrons. The topological polar surface area (TPSA) is 72.5 Å². The largest absolute Gasteiger partial charge is 0.462 e. The zero-order chi connectivity index (χ0) is 17.7. The van der Waals surface area contributed by atoms with E-state index in [0.29, 0.717) is 17.7 Å². The van der Waals surface area contributed by atoms with Crippen LogP contribution in [0.2, 0.25) is 10.0 Å². The Bertz CT molecular complexity index is 836. The Morgan fingerprint density at radius 2 is 1.75 bits per heavy atom. The van der Waals surface area contributed by atoms with Crippen LogP contribution in [0.1, 0.15) is 22.8 Å². The monoisotopic (exact) mass is 387 g/mol. The van der Waals surface area contributed by atoms with Gasteiger partial charge in [-0.2, -0.15) is 0 Å². The molecule has 0 amide bonds. The SMILES string of the molecule is CCOC(=O)c1ccc(CNS(=O)(=O)c2ccc(Cl)c(Cl)c2)cc1. The second kappa shape index (κ2) is 7.98. The lowest BCUT2D eigenvalue weighted by molar-refractivity contribution is 0.0526. The summed E-state index contributed by atoms with van der Waals surface area (Å²) in [5, 5.41) is 0.448. The first-order valence-corrected chi connectivity index (χ1v) is 9.28. The molecule has 0 heterocycles. The van der Waals surface area contributed by atoms with Gasteiger partial charge in [0.2, 0.25) is 10.0 Å². The number of halogens is 2. The molecule has 5 nitrogen and oxygen atoms in total. The lowest BCUT2D eigenvalue weighted by Crippen LogP contribution is -2.23. The van der Waals surface area contributed by atoms with Crippen LogP contribution in [-0.2, 0) is 21.3 Å². The Labute approximate surface area is 150 Å². The third-order valence-electron chi connectivity index (χ3n) is 3.13. The molecule has 128 valence electrons. The Morgan fingerprint density at radius 1 is 1.08 bits per heavy atom. The Hall–Kier alpha value is -1.60. The number of hydrogen-bond acceptors (Lipinski definition) is 4. The van der Waals surface area contributed by atoms with E-state index in [-0.39, 0.29) is 21.5 Å². The number of carbonyl (C=O) groups is 1. The Balaban J connectivity index is 2.06. The first-order chi connectivity index (χ1) is 11.3. The highest BCUT2D eigenvalue weighted by atomic mass is 35.5. The van der Waals surface area contributed by atoms with E-state index in [4.69, 9.17) is 27.9 Å². The van der Waals surface area contributed by atoms with Gasteiger partial charge in [-0.05, 0) is 42.8 Å². The summed E-state index contributed by atoms with van der Waals surface area (Å²) in [7, 11) is -3.72. The number of ether oxygens (including phenoxy) is 1. The lowest BCUT2D eigenvalue weighted by Gasteiger charge is -2.08. The number of hydrogen-bond donors (Lipinski definition) is 1. The van der Waals surface area contributed by atoms with Crippen LogP contribution in [-0.4, -0.2) is 21.0 Å². The molecule has 0 fully saturated rings. The van der Waals surface area contributed by atoms with Crippen LogP contribution >= 0.6 is 23.2 Å². The normalized spacial score (nSPS) is 11.3. The molecule has 2 rings (SSSR count). The number of esters is 1. The van der Waals surface area contributed by atoms with Gasteiger partial charge in [0.25, 0.3) is 0 Å². The number of carbonyl (C=O) groups excluding carboxylic acids is 1. The molecule has 0 spiro atoms. The quantitative estimate of drug-likeness (QED) is 0.767. The minimum absolute atomic E-state index is 0.0278. The summed E-state index contributed by atoms with van der Waals surface area (Å²) in [6, 6.07) is 10.6. The van der Waals surface area contributed by atoms with Crippen molar-refractivity contribution in [2.24, 2.45) is 0 Å². The summed E-state index contributed by atoms with van der Waals surface area (Å²) in [4.78, 5) is 11.6. The highest BCUT2D eigenvalue weighted by Gasteiger charge is 2.15. The van der Waals surface area contributed by atoms with Crippen LogP contribution in [0.5, 0.6) is 0 Å². The maximum atomic E-state index is 12.2. The van der Waals surface area contributed by atoms with Crippen molar-refractivity contribution in [1.29, 1.82) is 0 Å². The molecule has 0 saturated heterocycles. The van der Waals surface area contributed by atoms with Gasteiger partial charge in [-0.1, -0.05) is 35.3 Å². The van der Waals surface area contributed by atoms with Crippen molar-refractivity contribution < 1.29 is 17.9 Å². The minimum Gasteiger partial charge on any atom is -0.462 e. The first-order valence-electron chi connectivity index (χ1n) is 7.04. The molecule has 0 atom stereocenters. The minimum atomic E-state index is -3.72. The zero-order valence-corrected chi connectivity index (χ0v) is 15.1. The van der Waals surface area contributed by atoms with Gasteiger partial charge in [0, 0.05) is 6.54 Å². The molecule has 2 aromatic rings. The van der Waals surface area contributed by atoms with E-state index in [9.17, 15) is 13.2 Å². The molecule has 1 N–H and O–H groups in total. The van der Waals surface area contributed by atoms with Crippen molar-refractivity contribution >= 4 is 39.2 Å². The van der Waals surface area contributed by atoms with Crippen LogP contribution in [0.15, 0.2) is 47.4 Å². The summed E-state index contributed by atoms with van der Waals surface area (Å²) >= 11 is 11.6. The third kappa shape index (κ3) is 4.70. The molecular weight excluding hydrogens is 373 g/mol. The summed E-state index contributed by atoms with van der Waals surface area (Å²) in [5.74, 6) is -0.416. The molecule has 0 aromatic heterocycles. The van der Waals surface area contributed by atoms with Gasteiger partial charge >= 0.3 is 5.97 Å². The van der Waals surface area contributed by atoms with E-state index >= 15 is 0 Å². The van der Waals surface area contributed by atoms with E-state index in [1.165, 1.54) is 18.2 Å².